The lowest BCUT2D eigenvalue weighted by atomic mass is 9.68. The molecule has 0 radical (unpaired) electrons. The molecule has 2 aliphatic heterocycles. The molecule has 0 N–H and O–H groups in total. The smallest absolute Gasteiger partial charge is 0.261 e. The minimum absolute atomic E-state index is 0.194. The minimum Gasteiger partial charge on any atom is -0.347 e. The highest BCUT2D eigenvalue weighted by Crippen LogP contribution is 2.54. The molecule has 26 heavy (non-hydrogen) atoms. The van der Waals surface area contributed by atoms with Crippen molar-refractivity contribution in [1.29, 1.82) is 0 Å². The lowest BCUT2D eigenvalue weighted by Gasteiger charge is -2.53. The maximum absolute atomic E-state index is 12.9. The van der Waals surface area contributed by atoms with Crippen LogP contribution in [-0.4, -0.2) is 41.8 Å². The topological polar surface area (TPSA) is 55.8 Å². The monoisotopic (exact) mass is 413 g/mol. The quantitative estimate of drug-likeness (QED) is 0.708. The van der Waals surface area contributed by atoms with E-state index in [4.69, 9.17) is 9.47 Å². The summed E-state index contributed by atoms with van der Waals surface area (Å²) in [5, 5.41) is 0. The molecule has 5 nitrogen and oxygen atoms in total. The summed E-state index contributed by atoms with van der Waals surface area (Å²) in [4.78, 5) is 27.2. The van der Waals surface area contributed by atoms with Crippen LogP contribution in [-0.2, 0) is 9.47 Å². The Kier molecular flexibility index (Phi) is 3.57. The number of hydrogen-bond acceptors (Lipinski definition) is 4. The summed E-state index contributed by atoms with van der Waals surface area (Å²) in [5.74, 6) is -1.40. The second-order valence-corrected chi connectivity index (χ2v) is 7.75. The van der Waals surface area contributed by atoms with Gasteiger partial charge >= 0.3 is 0 Å². The molecule has 5 rings (SSSR count). The van der Waals surface area contributed by atoms with Gasteiger partial charge in [-0.1, -0.05) is 40.2 Å². The van der Waals surface area contributed by atoms with E-state index in [0.29, 0.717) is 30.8 Å². The third-order valence-corrected chi connectivity index (χ3v) is 6.04. The zero-order chi connectivity index (χ0) is 17.9. The van der Waals surface area contributed by atoms with Crippen LogP contribution >= 0.6 is 15.9 Å². The Morgan fingerprint density at radius 3 is 2.08 bits per heavy atom. The number of imide groups is 1. The number of nitrogens with zero attached hydrogens (tertiary/aromatic N) is 1. The molecule has 2 unspecified atom stereocenters. The molecule has 132 valence electrons. The molecule has 3 aliphatic rings. The summed E-state index contributed by atoms with van der Waals surface area (Å²) < 4.78 is 12.8. The summed E-state index contributed by atoms with van der Waals surface area (Å²) in [7, 11) is 0. The fraction of sp³-hybridized carbons (Fsp3) is 0.300. The van der Waals surface area contributed by atoms with E-state index < -0.39 is 5.79 Å². The van der Waals surface area contributed by atoms with Crippen molar-refractivity contribution in [2.45, 2.75) is 24.2 Å². The van der Waals surface area contributed by atoms with Gasteiger partial charge in [0, 0.05) is 10.9 Å². The van der Waals surface area contributed by atoms with Gasteiger partial charge in [-0.3, -0.25) is 14.5 Å². The van der Waals surface area contributed by atoms with Gasteiger partial charge < -0.3 is 9.47 Å². The largest absolute Gasteiger partial charge is 0.347 e. The van der Waals surface area contributed by atoms with Crippen molar-refractivity contribution in [3.63, 3.8) is 0 Å². The molecule has 0 aromatic heterocycles. The highest BCUT2D eigenvalue weighted by Gasteiger charge is 2.63. The number of hydrogen-bond donors (Lipinski definition) is 0. The number of carbonyl (C=O) groups is 2. The fourth-order valence-corrected chi connectivity index (χ4v) is 4.60. The van der Waals surface area contributed by atoms with Crippen LogP contribution in [0.25, 0.3) is 0 Å². The highest BCUT2D eigenvalue weighted by molar-refractivity contribution is 9.10. The van der Waals surface area contributed by atoms with Gasteiger partial charge in [-0.05, 0) is 29.8 Å². The average Bonchev–Trinajstić information content (AvgIpc) is 3.22. The Balaban J connectivity index is 1.54. The van der Waals surface area contributed by atoms with E-state index in [-0.39, 0.29) is 23.8 Å². The van der Waals surface area contributed by atoms with E-state index in [0.717, 1.165) is 10.0 Å². The van der Waals surface area contributed by atoms with Crippen LogP contribution in [0.15, 0.2) is 53.0 Å². The minimum atomic E-state index is -0.742. The summed E-state index contributed by atoms with van der Waals surface area (Å²) in [6, 6.07) is 14.6. The number of fused-ring (bicyclic) bond motifs is 1. The van der Waals surface area contributed by atoms with Crippen LogP contribution in [0.5, 0.6) is 0 Å². The molecule has 0 bridgehead atoms. The van der Waals surface area contributed by atoms with Crippen molar-refractivity contribution < 1.29 is 19.1 Å². The predicted octanol–water partition coefficient (Wildman–Crippen LogP) is 3.34. The number of halogens is 1. The first-order valence-electron chi connectivity index (χ1n) is 8.61. The average molecular weight is 414 g/mol. The van der Waals surface area contributed by atoms with E-state index in [1.165, 1.54) is 4.90 Å². The first-order chi connectivity index (χ1) is 12.6. The molecule has 2 heterocycles. The molecule has 2 atom stereocenters. The fourth-order valence-electron chi connectivity index (χ4n) is 4.33. The summed E-state index contributed by atoms with van der Waals surface area (Å²) in [5.41, 5.74) is 1.95. The zero-order valence-electron chi connectivity index (χ0n) is 13.9. The van der Waals surface area contributed by atoms with Crippen LogP contribution in [0.1, 0.15) is 38.6 Å². The number of amides is 2. The highest BCUT2D eigenvalue weighted by atomic mass is 79.9. The van der Waals surface area contributed by atoms with Gasteiger partial charge in [0.2, 0.25) is 0 Å². The molecule has 1 spiro atoms. The maximum Gasteiger partial charge on any atom is 0.261 e. The van der Waals surface area contributed by atoms with Gasteiger partial charge in [0.25, 0.3) is 11.8 Å². The third kappa shape index (κ3) is 2.16. The summed E-state index contributed by atoms with van der Waals surface area (Å²) >= 11 is 3.45. The van der Waals surface area contributed by atoms with Crippen molar-refractivity contribution in [1.82, 2.24) is 4.90 Å². The van der Waals surface area contributed by atoms with Gasteiger partial charge in [-0.15, -0.1) is 0 Å². The predicted molar refractivity (Wildman–Crippen MR) is 96.9 cm³/mol. The number of benzene rings is 2. The van der Waals surface area contributed by atoms with Crippen LogP contribution in [0.3, 0.4) is 0 Å². The van der Waals surface area contributed by atoms with Gasteiger partial charge in [0.05, 0.1) is 36.3 Å². The van der Waals surface area contributed by atoms with Gasteiger partial charge in [0.15, 0.2) is 5.79 Å². The van der Waals surface area contributed by atoms with E-state index in [1.54, 1.807) is 24.3 Å². The van der Waals surface area contributed by atoms with Gasteiger partial charge in [-0.2, -0.15) is 0 Å². The van der Waals surface area contributed by atoms with Gasteiger partial charge in [0.1, 0.15) is 0 Å². The molecule has 6 heteroatoms. The van der Waals surface area contributed by atoms with Gasteiger partial charge in [-0.25, -0.2) is 0 Å². The maximum atomic E-state index is 12.9. The molecule has 1 saturated heterocycles. The van der Waals surface area contributed by atoms with Crippen molar-refractivity contribution in [3.05, 3.63) is 69.7 Å². The standard InChI is InChI=1S/C20H16BrNO4/c21-13-7-5-12(6-8-13)17-16(11-20(17)25-9-10-26-20)22-18(23)14-3-1-2-4-15(14)19(22)24/h1-8,16-17H,9-11H2. The molecular weight excluding hydrogens is 398 g/mol. The third-order valence-electron chi connectivity index (χ3n) is 5.51. The Bertz CT molecular complexity index is 869. The molecular formula is C20H16BrNO4. The Hall–Kier alpha value is -2.02. The number of carbonyl (C=O) groups excluding carboxylic acids is 2. The second kappa shape index (κ2) is 5.74. The van der Waals surface area contributed by atoms with Crippen molar-refractivity contribution in [3.8, 4) is 0 Å². The lowest BCUT2D eigenvalue weighted by molar-refractivity contribution is -0.243. The molecule has 2 aromatic rings. The van der Waals surface area contributed by atoms with Crippen LogP contribution in [0.4, 0.5) is 0 Å². The first kappa shape index (κ1) is 16.2. The summed E-state index contributed by atoms with van der Waals surface area (Å²) in [6.45, 7) is 1.06. The molecule has 1 aliphatic carbocycles. The van der Waals surface area contributed by atoms with E-state index >= 15 is 0 Å². The Morgan fingerprint density at radius 2 is 1.50 bits per heavy atom. The van der Waals surface area contributed by atoms with Crippen LogP contribution in [0, 0.1) is 0 Å². The van der Waals surface area contributed by atoms with Crippen molar-refractivity contribution >= 4 is 27.7 Å². The van der Waals surface area contributed by atoms with Crippen molar-refractivity contribution in [2.24, 2.45) is 0 Å². The Labute approximate surface area is 159 Å². The summed E-state index contributed by atoms with van der Waals surface area (Å²) in [6.07, 6.45) is 0.499. The normalized spacial score (nSPS) is 26.3. The molecule has 2 aromatic carbocycles. The number of rotatable bonds is 2. The van der Waals surface area contributed by atoms with Crippen LogP contribution < -0.4 is 0 Å². The van der Waals surface area contributed by atoms with Crippen molar-refractivity contribution in [2.75, 3.05) is 13.2 Å². The molecule has 2 fully saturated rings. The molecule has 1 saturated carbocycles. The zero-order valence-corrected chi connectivity index (χ0v) is 15.4. The van der Waals surface area contributed by atoms with Crippen LogP contribution in [0.2, 0.25) is 0 Å². The van der Waals surface area contributed by atoms with E-state index in [2.05, 4.69) is 15.9 Å². The Morgan fingerprint density at radius 1 is 0.923 bits per heavy atom. The number of ether oxygens (including phenoxy) is 2. The SMILES string of the molecule is O=C1c2ccccc2C(=O)N1C1CC2(OCCO2)C1c1ccc(Br)cc1. The van der Waals surface area contributed by atoms with E-state index in [1.807, 2.05) is 24.3 Å². The first-order valence-corrected chi connectivity index (χ1v) is 9.40. The van der Waals surface area contributed by atoms with E-state index in [9.17, 15) is 9.59 Å². The second-order valence-electron chi connectivity index (χ2n) is 6.84. The molecule has 2 amide bonds. The lowest BCUT2D eigenvalue weighted by Crippen LogP contribution is -2.63.